The van der Waals surface area contributed by atoms with Crippen LogP contribution in [0.4, 0.5) is 10.5 Å². The number of aromatic nitrogens is 1. The van der Waals surface area contributed by atoms with E-state index in [2.05, 4.69) is 15.6 Å². The highest BCUT2D eigenvalue weighted by Gasteiger charge is 2.25. The van der Waals surface area contributed by atoms with Gasteiger partial charge in [0.1, 0.15) is 11.8 Å². The number of amides is 3. The summed E-state index contributed by atoms with van der Waals surface area (Å²) in [6.07, 6.45) is 4.36. The number of rotatable bonds is 3. The van der Waals surface area contributed by atoms with E-state index in [1.807, 2.05) is 0 Å². The monoisotopic (exact) mass is 368 g/mol. The number of piperidine rings is 1. The fraction of sp³-hybridized carbons (Fsp3) is 0.316. The van der Waals surface area contributed by atoms with Gasteiger partial charge in [-0.3, -0.25) is 4.79 Å². The number of hydrogen-bond donors (Lipinski definition) is 2. The Hall–Kier alpha value is -3.29. The van der Waals surface area contributed by atoms with Crippen molar-refractivity contribution >= 4 is 28.7 Å². The predicted molar refractivity (Wildman–Crippen MR) is 98.5 cm³/mol. The van der Waals surface area contributed by atoms with E-state index in [4.69, 9.17) is 8.83 Å². The molecule has 8 nitrogen and oxygen atoms in total. The van der Waals surface area contributed by atoms with E-state index in [-0.39, 0.29) is 18.0 Å². The summed E-state index contributed by atoms with van der Waals surface area (Å²) >= 11 is 0. The maximum atomic E-state index is 12.3. The van der Waals surface area contributed by atoms with Crippen molar-refractivity contribution in [2.75, 3.05) is 18.4 Å². The van der Waals surface area contributed by atoms with Crippen LogP contribution >= 0.6 is 0 Å². The van der Waals surface area contributed by atoms with Crippen LogP contribution in [0.2, 0.25) is 0 Å². The first-order chi connectivity index (χ1) is 13.1. The number of nitrogens with zero attached hydrogens (tertiary/aromatic N) is 2. The molecule has 2 N–H and O–H groups in total. The Morgan fingerprint density at radius 2 is 2.04 bits per heavy atom. The summed E-state index contributed by atoms with van der Waals surface area (Å²) in [4.78, 5) is 30.6. The van der Waals surface area contributed by atoms with Crippen LogP contribution in [0, 0.1) is 6.92 Å². The van der Waals surface area contributed by atoms with Crippen LogP contribution in [0.5, 0.6) is 0 Å². The van der Waals surface area contributed by atoms with E-state index < -0.39 is 0 Å². The molecule has 0 radical (unpaired) electrons. The zero-order valence-electron chi connectivity index (χ0n) is 14.9. The van der Waals surface area contributed by atoms with Gasteiger partial charge in [0.2, 0.25) is 0 Å². The Morgan fingerprint density at radius 3 is 2.78 bits per heavy atom. The third kappa shape index (κ3) is 3.79. The number of nitrogens with one attached hydrogen (secondary N) is 2. The SMILES string of the molecule is Cc1nc2cc(NC(=O)NC3CCN(C(=O)c4ccoc4)CC3)ccc2o1. The summed E-state index contributed by atoms with van der Waals surface area (Å²) in [5, 5.41) is 5.79. The van der Waals surface area contributed by atoms with E-state index in [1.165, 1.54) is 12.5 Å². The Bertz CT molecular complexity index is 955. The molecule has 8 heteroatoms. The van der Waals surface area contributed by atoms with E-state index >= 15 is 0 Å². The summed E-state index contributed by atoms with van der Waals surface area (Å²) in [5.74, 6) is 0.547. The molecule has 3 amide bonds. The maximum absolute atomic E-state index is 12.3. The molecule has 1 saturated heterocycles. The average molecular weight is 368 g/mol. The lowest BCUT2D eigenvalue weighted by Crippen LogP contribution is -2.47. The number of fused-ring (bicyclic) bond motifs is 1. The zero-order valence-corrected chi connectivity index (χ0v) is 14.9. The van der Waals surface area contributed by atoms with Gasteiger partial charge in [-0.05, 0) is 37.1 Å². The van der Waals surface area contributed by atoms with Crippen LogP contribution in [0.15, 0.2) is 45.6 Å². The van der Waals surface area contributed by atoms with E-state index in [1.54, 1.807) is 36.1 Å². The lowest BCUT2D eigenvalue weighted by Gasteiger charge is -2.32. The summed E-state index contributed by atoms with van der Waals surface area (Å²) in [7, 11) is 0. The number of furan rings is 1. The molecule has 0 atom stereocenters. The standard InChI is InChI=1S/C19H20N4O4/c1-12-20-16-10-15(2-3-17(16)27-12)22-19(25)21-14-4-7-23(8-5-14)18(24)13-6-9-26-11-13/h2-3,6,9-11,14H,4-5,7-8H2,1H3,(H2,21,22,25). The third-order valence-electron chi connectivity index (χ3n) is 4.64. The summed E-state index contributed by atoms with van der Waals surface area (Å²) < 4.78 is 10.4. The van der Waals surface area contributed by atoms with Crippen molar-refractivity contribution in [2.24, 2.45) is 0 Å². The molecule has 1 aliphatic rings. The van der Waals surface area contributed by atoms with Crippen molar-refractivity contribution in [3.05, 3.63) is 48.2 Å². The van der Waals surface area contributed by atoms with Gasteiger partial charge in [0.15, 0.2) is 11.5 Å². The smallest absolute Gasteiger partial charge is 0.319 e. The fourth-order valence-electron chi connectivity index (χ4n) is 3.27. The van der Waals surface area contributed by atoms with Gasteiger partial charge in [-0.2, -0.15) is 0 Å². The van der Waals surface area contributed by atoms with Crippen molar-refractivity contribution in [3.8, 4) is 0 Å². The predicted octanol–water partition coefficient (Wildman–Crippen LogP) is 3.16. The molecule has 0 saturated carbocycles. The normalized spacial score (nSPS) is 15.1. The second-order valence-corrected chi connectivity index (χ2v) is 6.59. The van der Waals surface area contributed by atoms with Gasteiger partial charge in [-0.1, -0.05) is 0 Å². The van der Waals surface area contributed by atoms with E-state index in [0.717, 1.165) is 0 Å². The molecule has 3 heterocycles. The van der Waals surface area contributed by atoms with E-state index in [0.29, 0.717) is 54.2 Å². The topological polar surface area (TPSA) is 101 Å². The maximum Gasteiger partial charge on any atom is 0.319 e. The first-order valence-electron chi connectivity index (χ1n) is 8.85. The molecular formula is C19H20N4O4. The number of carbonyl (C=O) groups is 2. The van der Waals surface area contributed by atoms with Crippen LogP contribution in [-0.4, -0.2) is 41.0 Å². The molecule has 0 spiro atoms. The van der Waals surface area contributed by atoms with Crippen LogP contribution < -0.4 is 10.6 Å². The minimum Gasteiger partial charge on any atom is -0.472 e. The van der Waals surface area contributed by atoms with Gasteiger partial charge >= 0.3 is 6.03 Å². The Labute approximate surface area is 155 Å². The van der Waals surface area contributed by atoms with Gasteiger partial charge in [-0.15, -0.1) is 0 Å². The van der Waals surface area contributed by atoms with Crippen LogP contribution in [-0.2, 0) is 0 Å². The molecule has 4 rings (SSSR count). The summed E-state index contributed by atoms with van der Waals surface area (Å²) in [6, 6.07) is 6.75. The van der Waals surface area contributed by atoms with Gasteiger partial charge in [-0.25, -0.2) is 9.78 Å². The minimum atomic E-state index is -0.269. The van der Waals surface area contributed by atoms with Crippen molar-refractivity contribution in [3.63, 3.8) is 0 Å². The number of aryl methyl sites for hydroxylation is 1. The molecule has 1 aliphatic heterocycles. The van der Waals surface area contributed by atoms with Crippen molar-refractivity contribution in [1.29, 1.82) is 0 Å². The summed E-state index contributed by atoms with van der Waals surface area (Å²) in [5.41, 5.74) is 2.60. The van der Waals surface area contributed by atoms with Crippen molar-refractivity contribution < 1.29 is 18.4 Å². The third-order valence-corrected chi connectivity index (χ3v) is 4.64. The zero-order chi connectivity index (χ0) is 18.8. The molecular weight excluding hydrogens is 348 g/mol. The highest BCUT2D eigenvalue weighted by Crippen LogP contribution is 2.20. The lowest BCUT2D eigenvalue weighted by molar-refractivity contribution is 0.0708. The second kappa shape index (κ2) is 7.14. The molecule has 0 bridgehead atoms. The van der Waals surface area contributed by atoms with Crippen molar-refractivity contribution in [1.82, 2.24) is 15.2 Å². The number of hydrogen-bond acceptors (Lipinski definition) is 5. The van der Waals surface area contributed by atoms with E-state index in [9.17, 15) is 9.59 Å². The fourth-order valence-corrected chi connectivity index (χ4v) is 3.27. The van der Waals surface area contributed by atoms with Gasteiger partial charge in [0, 0.05) is 31.7 Å². The Balaban J connectivity index is 1.29. The molecule has 1 aromatic carbocycles. The quantitative estimate of drug-likeness (QED) is 0.740. The average Bonchev–Trinajstić information content (AvgIpc) is 3.30. The highest BCUT2D eigenvalue weighted by atomic mass is 16.3. The molecule has 2 aromatic heterocycles. The first kappa shape index (κ1) is 17.1. The van der Waals surface area contributed by atoms with Crippen LogP contribution in [0.3, 0.4) is 0 Å². The molecule has 3 aromatic rings. The molecule has 0 unspecified atom stereocenters. The molecule has 140 valence electrons. The largest absolute Gasteiger partial charge is 0.472 e. The van der Waals surface area contributed by atoms with Crippen LogP contribution in [0.1, 0.15) is 29.1 Å². The van der Waals surface area contributed by atoms with Crippen molar-refractivity contribution in [2.45, 2.75) is 25.8 Å². The first-order valence-corrected chi connectivity index (χ1v) is 8.85. The van der Waals surface area contributed by atoms with Gasteiger partial charge in [0.25, 0.3) is 5.91 Å². The molecule has 0 aliphatic carbocycles. The summed E-state index contributed by atoms with van der Waals surface area (Å²) in [6.45, 7) is 2.97. The minimum absolute atomic E-state index is 0.0245. The second-order valence-electron chi connectivity index (χ2n) is 6.59. The number of urea groups is 1. The molecule has 1 fully saturated rings. The van der Waals surface area contributed by atoms with Gasteiger partial charge < -0.3 is 24.4 Å². The highest BCUT2D eigenvalue weighted by molar-refractivity contribution is 5.94. The molecule has 27 heavy (non-hydrogen) atoms. The van der Waals surface area contributed by atoms with Crippen LogP contribution in [0.25, 0.3) is 11.1 Å². The number of benzene rings is 1. The number of likely N-dealkylation sites (tertiary alicyclic amines) is 1. The number of anilines is 1. The number of oxazole rings is 1. The lowest BCUT2D eigenvalue weighted by atomic mass is 10.0. The van der Waals surface area contributed by atoms with Gasteiger partial charge in [0.05, 0.1) is 11.8 Å². The Kier molecular flexibility index (Phi) is 4.53. The number of carbonyl (C=O) groups excluding carboxylic acids is 2. The Morgan fingerprint density at radius 1 is 1.22 bits per heavy atom.